The van der Waals surface area contributed by atoms with Gasteiger partial charge in [-0.15, -0.1) is 0 Å². The standard InChI is InChI=1S/C18H19ClN4O/c1-13-10-15(24-21-13)12-22-6-8-23(9-7-22)18-4-5-20-17-11-14(19)2-3-16(17)18/h2-5,10-11H,6-9,12H2,1H3. The van der Waals surface area contributed by atoms with E-state index in [1.54, 1.807) is 0 Å². The number of nitrogens with zero attached hydrogens (tertiary/aromatic N) is 4. The maximum Gasteiger partial charge on any atom is 0.150 e. The summed E-state index contributed by atoms with van der Waals surface area (Å²) >= 11 is 6.08. The molecule has 6 heteroatoms. The van der Waals surface area contributed by atoms with Gasteiger partial charge in [-0.2, -0.15) is 0 Å². The highest BCUT2D eigenvalue weighted by molar-refractivity contribution is 6.31. The Hall–Kier alpha value is -2.11. The van der Waals surface area contributed by atoms with Gasteiger partial charge in [-0.25, -0.2) is 0 Å². The lowest BCUT2D eigenvalue weighted by molar-refractivity contribution is 0.219. The number of hydrogen-bond donors (Lipinski definition) is 0. The molecule has 0 unspecified atom stereocenters. The second-order valence-corrected chi connectivity index (χ2v) is 6.63. The zero-order valence-electron chi connectivity index (χ0n) is 13.6. The smallest absolute Gasteiger partial charge is 0.150 e. The van der Waals surface area contributed by atoms with Crippen molar-refractivity contribution in [1.82, 2.24) is 15.0 Å². The molecule has 5 nitrogen and oxygen atoms in total. The predicted molar refractivity (Wildman–Crippen MR) is 95.5 cm³/mol. The maximum absolute atomic E-state index is 6.08. The number of hydrogen-bond acceptors (Lipinski definition) is 5. The average molecular weight is 343 g/mol. The highest BCUT2D eigenvalue weighted by Crippen LogP contribution is 2.28. The summed E-state index contributed by atoms with van der Waals surface area (Å²) in [6, 6.07) is 10.0. The molecule has 0 saturated carbocycles. The summed E-state index contributed by atoms with van der Waals surface area (Å²) in [5.74, 6) is 0.935. The number of fused-ring (bicyclic) bond motifs is 1. The number of benzene rings is 1. The van der Waals surface area contributed by atoms with Crippen LogP contribution in [0, 0.1) is 6.92 Å². The van der Waals surface area contributed by atoms with E-state index in [0.717, 1.165) is 60.1 Å². The fourth-order valence-electron chi connectivity index (χ4n) is 3.24. The van der Waals surface area contributed by atoms with Crippen LogP contribution in [0.15, 0.2) is 41.1 Å². The van der Waals surface area contributed by atoms with Crippen LogP contribution in [0.2, 0.25) is 5.02 Å². The number of aryl methyl sites for hydroxylation is 1. The van der Waals surface area contributed by atoms with Gasteiger partial charge in [-0.1, -0.05) is 16.8 Å². The monoisotopic (exact) mass is 342 g/mol. The minimum Gasteiger partial charge on any atom is -0.368 e. The lowest BCUT2D eigenvalue weighted by Gasteiger charge is -2.36. The molecule has 24 heavy (non-hydrogen) atoms. The van der Waals surface area contributed by atoms with Crippen molar-refractivity contribution in [2.45, 2.75) is 13.5 Å². The van der Waals surface area contributed by atoms with Crippen molar-refractivity contribution in [3.8, 4) is 0 Å². The number of aromatic nitrogens is 2. The molecule has 1 aliphatic heterocycles. The summed E-state index contributed by atoms with van der Waals surface area (Å²) in [5, 5.41) is 5.83. The number of pyridine rings is 1. The average Bonchev–Trinajstić information content (AvgIpc) is 3.00. The number of rotatable bonds is 3. The maximum atomic E-state index is 6.08. The van der Waals surface area contributed by atoms with E-state index in [0.29, 0.717) is 0 Å². The van der Waals surface area contributed by atoms with Gasteiger partial charge >= 0.3 is 0 Å². The van der Waals surface area contributed by atoms with Gasteiger partial charge in [0.2, 0.25) is 0 Å². The van der Waals surface area contributed by atoms with Crippen molar-refractivity contribution in [2.24, 2.45) is 0 Å². The first kappa shape index (κ1) is 15.4. The Bertz CT molecular complexity index is 855. The molecule has 2 aromatic heterocycles. The fourth-order valence-corrected chi connectivity index (χ4v) is 3.41. The first-order valence-electron chi connectivity index (χ1n) is 8.13. The third kappa shape index (κ3) is 3.09. The van der Waals surface area contributed by atoms with E-state index in [2.05, 4.69) is 32.1 Å². The molecule has 0 atom stereocenters. The topological polar surface area (TPSA) is 45.4 Å². The van der Waals surface area contributed by atoms with Gasteiger partial charge in [0.05, 0.1) is 17.8 Å². The highest BCUT2D eigenvalue weighted by atomic mass is 35.5. The molecule has 1 fully saturated rings. The zero-order chi connectivity index (χ0) is 16.5. The van der Waals surface area contributed by atoms with Gasteiger partial charge < -0.3 is 9.42 Å². The van der Waals surface area contributed by atoms with Crippen molar-refractivity contribution in [1.29, 1.82) is 0 Å². The van der Waals surface area contributed by atoms with Crippen LogP contribution in [0.1, 0.15) is 11.5 Å². The Labute approximate surface area is 145 Å². The molecule has 0 radical (unpaired) electrons. The van der Waals surface area contributed by atoms with Gasteiger partial charge in [0, 0.05) is 54.5 Å². The van der Waals surface area contributed by atoms with Crippen molar-refractivity contribution >= 4 is 28.2 Å². The van der Waals surface area contributed by atoms with Crippen LogP contribution in [0.4, 0.5) is 5.69 Å². The van der Waals surface area contributed by atoms with Crippen LogP contribution in [-0.4, -0.2) is 41.2 Å². The molecule has 0 amide bonds. The molecule has 4 rings (SSSR count). The molecule has 3 heterocycles. The lowest BCUT2D eigenvalue weighted by Crippen LogP contribution is -2.46. The third-order valence-electron chi connectivity index (χ3n) is 4.45. The summed E-state index contributed by atoms with van der Waals surface area (Å²) in [6.45, 7) is 6.73. The Morgan fingerprint density at radius 2 is 1.96 bits per heavy atom. The van der Waals surface area contributed by atoms with Crippen LogP contribution < -0.4 is 4.90 Å². The molecule has 1 saturated heterocycles. The summed E-state index contributed by atoms with van der Waals surface area (Å²) in [6.07, 6.45) is 1.86. The highest BCUT2D eigenvalue weighted by Gasteiger charge is 2.20. The largest absolute Gasteiger partial charge is 0.368 e. The summed E-state index contributed by atoms with van der Waals surface area (Å²) in [4.78, 5) is 9.25. The molecule has 1 aliphatic rings. The van der Waals surface area contributed by atoms with Crippen molar-refractivity contribution in [3.63, 3.8) is 0 Å². The van der Waals surface area contributed by atoms with E-state index in [1.807, 2.05) is 31.3 Å². The van der Waals surface area contributed by atoms with Gasteiger partial charge in [0.25, 0.3) is 0 Å². The van der Waals surface area contributed by atoms with Crippen LogP contribution in [-0.2, 0) is 6.54 Å². The van der Waals surface area contributed by atoms with Crippen molar-refractivity contribution in [3.05, 3.63) is 53.0 Å². The molecule has 0 bridgehead atoms. The molecule has 1 aromatic carbocycles. The van der Waals surface area contributed by atoms with Crippen LogP contribution in [0.3, 0.4) is 0 Å². The molecule has 3 aromatic rings. The van der Waals surface area contributed by atoms with Gasteiger partial charge in [0.15, 0.2) is 5.76 Å². The van der Waals surface area contributed by atoms with Crippen molar-refractivity contribution < 1.29 is 4.52 Å². The van der Waals surface area contributed by atoms with Crippen molar-refractivity contribution in [2.75, 3.05) is 31.1 Å². The fraction of sp³-hybridized carbons (Fsp3) is 0.333. The van der Waals surface area contributed by atoms with E-state index < -0.39 is 0 Å². The van der Waals surface area contributed by atoms with E-state index in [1.165, 1.54) is 5.69 Å². The second kappa shape index (κ2) is 6.42. The third-order valence-corrected chi connectivity index (χ3v) is 4.69. The molecule has 0 spiro atoms. The predicted octanol–water partition coefficient (Wildman–Crippen LogP) is 3.51. The quantitative estimate of drug-likeness (QED) is 0.729. The van der Waals surface area contributed by atoms with E-state index in [4.69, 9.17) is 16.1 Å². The Morgan fingerprint density at radius 1 is 1.12 bits per heavy atom. The van der Waals surface area contributed by atoms with E-state index in [9.17, 15) is 0 Å². The number of anilines is 1. The van der Waals surface area contributed by atoms with Crippen LogP contribution in [0.5, 0.6) is 0 Å². The molecule has 0 aliphatic carbocycles. The van der Waals surface area contributed by atoms with Crippen LogP contribution in [0.25, 0.3) is 10.9 Å². The SMILES string of the molecule is Cc1cc(CN2CCN(c3ccnc4cc(Cl)ccc34)CC2)on1. The molecular weight excluding hydrogens is 324 g/mol. The van der Waals surface area contributed by atoms with Gasteiger partial charge in [0.1, 0.15) is 0 Å². The number of halogens is 1. The lowest BCUT2D eigenvalue weighted by atomic mass is 10.1. The first-order chi connectivity index (χ1) is 11.7. The van der Waals surface area contributed by atoms with E-state index in [-0.39, 0.29) is 0 Å². The first-order valence-corrected chi connectivity index (χ1v) is 8.50. The summed E-state index contributed by atoms with van der Waals surface area (Å²) < 4.78 is 5.32. The van der Waals surface area contributed by atoms with Crippen LogP contribution >= 0.6 is 11.6 Å². The van der Waals surface area contributed by atoms with Gasteiger partial charge in [-0.05, 0) is 31.2 Å². The Morgan fingerprint density at radius 3 is 2.71 bits per heavy atom. The Kier molecular flexibility index (Phi) is 4.12. The molecular formula is C18H19ClN4O. The zero-order valence-corrected chi connectivity index (χ0v) is 14.3. The normalized spacial score (nSPS) is 16.0. The van der Waals surface area contributed by atoms with E-state index >= 15 is 0 Å². The molecule has 124 valence electrons. The summed E-state index contributed by atoms with van der Waals surface area (Å²) in [5.41, 5.74) is 3.11. The number of piperazine rings is 1. The molecule has 0 N–H and O–H groups in total. The minimum absolute atomic E-state index is 0.722. The minimum atomic E-state index is 0.722. The summed E-state index contributed by atoms with van der Waals surface area (Å²) in [7, 11) is 0. The van der Waals surface area contributed by atoms with Gasteiger partial charge in [-0.3, -0.25) is 9.88 Å². The Balaban J connectivity index is 1.48. The second-order valence-electron chi connectivity index (χ2n) is 6.19.